The fraction of sp³-hybridized carbons (Fsp3) is 0.833. The second-order valence-electron chi connectivity index (χ2n) is 6.65. The first-order valence-corrected chi connectivity index (χ1v) is 9.35. The zero-order valence-electron chi connectivity index (χ0n) is 15.6. The molecule has 0 aromatic rings. The van der Waals surface area contributed by atoms with E-state index in [4.69, 9.17) is 18.9 Å². The average Bonchev–Trinajstić information content (AvgIpc) is 3.17. The Kier molecular flexibility index (Phi) is 8.31. The Morgan fingerprint density at radius 2 is 2.00 bits per heavy atom. The Balaban J connectivity index is 1.69. The number of esters is 2. The van der Waals surface area contributed by atoms with Gasteiger partial charge in [-0.3, -0.25) is 9.59 Å². The van der Waals surface area contributed by atoms with Crippen LogP contribution in [0.15, 0.2) is 0 Å². The van der Waals surface area contributed by atoms with Crippen molar-refractivity contribution in [2.45, 2.75) is 51.7 Å². The molecule has 0 N–H and O–H groups in total. The summed E-state index contributed by atoms with van der Waals surface area (Å²) in [6.45, 7) is 5.26. The second kappa shape index (κ2) is 10.5. The number of carbonyl (C=O) groups is 3. The van der Waals surface area contributed by atoms with E-state index >= 15 is 0 Å². The summed E-state index contributed by atoms with van der Waals surface area (Å²) in [5.74, 6) is -1.47. The maximum absolute atomic E-state index is 12.3. The van der Waals surface area contributed by atoms with Gasteiger partial charge in [-0.2, -0.15) is 0 Å². The molecule has 148 valence electrons. The minimum Gasteiger partial charge on any atom is -0.466 e. The number of hydrogen-bond donors (Lipinski definition) is 0. The summed E-state index contributed by atoms with van der Waals surface area (Å²) in [7, 11) is 0. The van der Waals surface area contributed by atoms with Crippen molar-refractivity contribution in [3.8, 4) is 0 Å². The van der Waals surface area contributed by atoms with Crippen LogP contribution >= 0.6 is 0 Å². The van der Waals surface area contributed by atoms with E-state index in [9.17, 15) is 14.4 Å². The maximum Gasteiger partial charge on any atom is 0.335 e. The highest BCUT2D eigenvalue weighted by molar-refractivity contribution is 5.82. The molecular formula is C18H29NO7. The standard InChI is InChI=1S/C18H29NO7/c1-3-23-18(22)14-6-4-8-19(10-14)16(20)12-26-17(21)13(2)25-11-15-7-5-9-24-15/h13-15H,3-12H2,1-2H3. The van der Waals surface area contributed by atoms with E-state index in [1.807, 2.05) is 0 Å². The number of nitrogens with zero attached hydrogens (tertiary/aromatic N) is 1. The molecule has 26 heavy (non-hydrogen) atoms. The van der Waals surface area contributed by atoms with Crippen molar-refractivity contribution >= 4 is 17.8 Å². The molecule has 3 unspecified atom stereocenters. The third-order valence-electron chi connectivity index (χ3n) is 4.62. The Bertz CT molecular complexity index is 490. The maximum atomic E-state index is 12.3. The van der Waals surface area contributed by atoms with Gasteiger partial charge in [-0.1, -0.05) is 0 Å². The summed E-state index contributed by atoms with van der Waals surface area (Å²) < 4.78 is 21.0. The number of likely N-dealkylation sites (tertiary alicyclic amines) is 1. The van der Waals surface area contributed by atoms with Gasteiger partial charge in [0, 0.05) is 19.7 Å². The predicted octanol–water partition coefficient (Wildman–Crippen LogP) is 0.915. The molecule has 2 rings (SSSR count). The van der Waals surface area contributed by atoms with Gasteiger partial charge in [-0.15, -0.1) is 0 Å². The molecule has 8 nitrogen and oxygen atoms in total. The van der Waals surface area contributed by atoms with E-state index in [2.05, 4.69) is 0 Å². The van der Waals surface area contributed by atoms with Gasteiger partial charge in [0.25, 0.3) is 5.91 Å². The quantitative estimate of drug-likeness (QED) is 0.586. The molecular weight excluding hydrogens is 342 g/mol. The molecule has 2 fully saturated rings. The lowest BCUT2D eigenvalue weighted by molar-refractivity contribution is -0.164. The molecule has 0 bridgehead atoms. The second-order valence-corrected chi connectivity index (χ2v) is 6.65. The van der Waals surface area contributed by atoms with E-state index in [-0.39, 0.29) is 30.5 Å². The van der Waals surface area contributed by atoms with Crippen molar-refractivity contribution in [2.75, 3.05) is 39.5 Å². The Labute approximate surface area is 154 Å². The molecule has 2 saturated heterocycles. The number of carbonyl (C=O) groups excluding carboxylic acids is 3. The number of rotatable bonds is 8. The Morgan fingerprint density at radius 1 is 1.19 bits per heavy atom. The monoisotopic (exact) mass is 371 g/mol. The van der Waals surface area contributed by atoms with Gasteiger partial charge in [0.15, 0.2) is 12.7 Å². The normalized spacial score (nSPS) is 24.2. The van der Waals surface area contributed by atoms with Crippen molar-refractivity contribution in [1.29, 1.82) is 0 Å². The molecule has 0 aromatic carbocycles. The largest absolute Gasteiger partial charge is 0.466 e. The van der Waals surface area contributed by atoms with Crippen LogP contribution in [0.3, 0.4) is 0 Å². The predicted molar refractivity (Wildman–Crippen MR) is 91.3 cm³/mol. The molecule has 2 aliphatic rings. The molecule has 2 aliphatic heterocycles. The van der Waals surface area contributed by atoms with Crippen molar-refractivity contribution in [3.05, 3.63) is 0 Å². The van der Waals surface area contributed by atoms with Crippen LogP contribution < -0.4 is 0 Å². The number of hydrogen-bond acceptors (Lipinski definition) is 7. The Hall–Kier alpha value is -1.67. The van der Waals surface area contributed by atoms with E-state index in [1.54, 1.807) is 18.7 Å². The molecule has 0 radical (unpaired) electrons. The Morgan fingerprint density at radius 3 is 2.69 bits per heavy atom. The van der Waals surface area contributed by atoms with Gasteiger partial charge in [0.1, 0.15) is 0 Å². The number of piperidine rings is 1. The first-order chi connectivity index (χ1) is 12.5. The van der Waals surface area contributed by atoms with Gasteiger partial charge in [0.2, 0.25) is 0 Å². The van der Waals surface area contributed by atoms with Crippen LogP contribution in [0.2, 0.25) is 0 Å². The van der Waals surface area contributed by atoms with Crippen molar-refractivity contribution in [3.63, 3.8) is 0 Å². The number of ether oxygens (including phenoxy) is 4. The lowest BCUT2D eigenvalue weighted by Crippen LogP contribution is -2.44. The minimum atomic E-state index is -0.749. The third-order valence-corrected chi connectivity index (χ3v) is 4.62. The van der Waals surface area contributed by atoms with E-state index in [1.165, 1.54) is 0 Å². The third kappa shape index (κ3) is 6.25. The van der Waals surface area contributed by atoms with Crippen LogP contribution in [0.1, 0.15) is 39.5 Å². The van der Waals surface area contributed by atoms with Crippen LogP contribution in [-0.4, -0.2) is 74.5 Å². The molecule has 3 atom stereocenters. The highest BCUT2D eigenvalue weighted by Crippen LogP contribution is 2.18. The van der Waals surface area contributed by atoms with Crippen LogP contribution in [0.4, 0.5) is 0 Å². The SMILES string of the molecule is CCOC(=O)C1CCCN(C(=O)COC(=O)C(C)OCC2CCCO2)C1. The van der Waals surface area contributed by atoms with Crippen molar-refractivity contribution in [2.24, 2.45) is 5.92 Å². The lowest BCUT2D eigenvalue weighted by atomic mass is 9.98. The summed E-state index contributed by atoms with van der Waals surface area (Å²) >= 11 is 0. The highest BCUT2D eigenvalue weighted by Gasteiger charge is 2.30. The molecule has 2 heterocycles. The van der Waals surface area contributed by atoms with E-state index in [0.29, 0.717) is 32.7 Å². The fourth-order valence-electron chi connectivity index (χ4n) is 3.09. The topological polar surface area (TPSA) is 91.4 Å². The number of amides is 1. The summed E-state index contributed by atoms with van der Waals surface area (Å²) in [6, 6.07) is 0. The smallest absolute Gasteiger partial charge is 0.335 e. The van der Waals surface area contributed by atoms with Gasteiger partial charge in [-0.25, -0.2) is 4.79 Å². The summed E-state index contributed by atoms with van der Waals surface area (Å²) in [6.07, 6.45) is 2.64. The first kappa shape index (κ1) is 20.6. The van der Waals surface area contributed by atoms with Gasteiger partial charge >= 0.3 is 11.9 Å². The summed E-state index contributed by atoms with van der Waals surface area (Å²) in [5.41, 5.74) is 0. The average molecular weight is 371 g/mol. The van der Waals surface area contributed by atoms with E-state index < -0.39 is 12.1 Å². The fourth-order valence-corrected chi connectivity index (χ4v) is 3.09. The first-order valence-electron chi connectivity index (χ1n) is 9.35. The van der Waals surface area contributed by atoms with Crippen LogP contribution in [0.25, 0.3) is 0 Å². The van der Waals surface area contributed by atoms with Crippen molar-refractivity contribution in [1.82, 2.24) is 4.90 Å². The zero-order valence-corrected chi connectivity index (χ0v) is 15.6. The minimum absolute atomic E-state index is 0.0278. The highest BCUT2D eigenvalue weighted by atomic mass is 16.6. The van der Waals surface area contributed by atoms with Crippen LogP contribution in [0.5, 0.6) is 0 Å². The van der Waals surface area contributed by atoms with Gasteiger partial charge in [-0.05, 0) is 39.5 Å². The summed E-state index contributed by atoms with van der Waals surface area (Å²) in [5, 5.41) is 0. The van der Waals surface area contributed by atoms with E-state index in [0.717, 1.165) is 25.9 Å². The van der Waals surface area contributed by atoms with Crippen molar-refractivity contribution < 1.29 is 33.3 Å². The lowest BCUT2D eigenvalue weighted by Gasteiger charge is -2.31. The molecule has 0 aliphatic carbocycles. The molecule has 8 heteroatoms. The zero-order chi connectivity index (χ0) is 18.9. The van der Waals surface area contributed by atoms with Crippen LogP contribution in [-0.2, 0) is 33.3 Å². The molecule has 1 amide bonds. The van der Waals surface area contributed by atoms with Gasteiger partial charge < -0.3 is 23.8 Å². The molecule has 0 aromatic heterocycles. The van der Waals surface area contributed by atoms with Gasteiger partial charge in [0.05, 0.1) is 25.2 Å². The molecule has 0 spiro atoms. The van der Waals surface area contributed by atoms with Crippen LogP contribution in [0, 0.1) is 5.92 Å². The summed E-state index contributed by atoms with van der Waals surface area (Å²) in [4.78, 5) is 37.6. The molecule has 0 saturated carbocycles.